The van der Waals surface area contributed by atoms with Gasteiger partial charge in [-0.05, 0) is 18.2 Å². The largest absolute Gasteiger partial charge is 0.346 e. The van der Waals surface area contributed by atoms with Crippen LogP contribution in [0.4, 0.5) is 0 Å². The van der Waals surface area contributed by atoms with E-state index in [0.717, 1.165) is 35.8 Å². The summed E-state index contributed by atoms with van der Waals surface area (Å²) in [4.78, 5) is 11.0. The van der Waals surface area contributed by atoms with Gasteiger partial charge in [0.2, 0.25) is 0 Å². The number of aryl methyl sites for hydroxylation is 2. The molecule has 4 nitrogen and oxygen atoms in total. The number of rotatable bonds is 4. The first-order valence-corrected chi connectivity index (χ1v) is 5.89. The molecule has 0 amide bonds. The molecule has 90 valence electrons. The summed E-state index contributed by atoms with van der Waals surface area (Å²) >= 11 is 0. The van der Waals surface area contributed by atoms with Gasteiger partial charge < -0.3 is 4.57 Å². The summed E-state index contributed by atoms with van der Waals surface area (Å²) in [5.41, 5.74) is 1.83. The van der Waals surface area contributed by atoms with Crippen molar-refractivity contribution < 1.29 is 4.79 Å². The number of carbonyl (C=O) groups excluding carboxylic acids is 1. The molecular formula is C14H13N3O. The van der Waals surface area contributed by atoms with Crippen LogP contribution in [-0.4, -0.2) is 20.6 Å². The first-order valence-electron chi connectivity index (χ1n) is 5.89. The third-order valence-electron chi connectivity index (χ3n) is 3.10. The molecule has 0 radical (unpaired) electrons. The van der Waals surface area contributed by atoms with Gasteiger partial charge in [0.1, 0.15) is 0 Å². The summed E-state index contributed by atoms with van der Waals surface area (Å²) < 4.78 is 4.04. The molecule has 0 aliphatic rings. The van der Waals surface area contributed by atoms with E-state index < -0.39 is 0 Å². The predicted molar refractivity (Wildman–Crippen MR) is 69.6 cm³/mol. The summed E-state index contributed by atoms with van der Waals surface area (Å²) in [6, 6.07) is 9.69. The number of hydrogen-bond donors (Lipinski definition) is 0. The molecule has 1 aromatic carbocycles. The molecule has 0 saturated heterocycles. The van der Waals surface area contributed by atoms with E-state index in [4.69, 9.17) is 0 Å². The first-order chi connectivity index (χ1) is 8.88. The van der Waals surface area contributed by atoms with Gasteiger partial charge in [-0.25, -0.2) is 0 Å². The highest BCUT2D eigenvalue weighted by atomic mass is 16.1. The molecule has 2 heterocycles. The molecule has 0 spiro atoms. The summed E-state index contributed by atoms with van der Waals surface area (Å²) in [6.07, 6.45) is 6.64. The lowest BCUT2D eigenvalue weighted by Crippen LogP contribution is -2.06. The Morgan fingerprint density at radius 2 is 2.06 bits per heavy atom. The maximum atomic E-state index is 11.0. The summed E-state index contributed by atoms with van der Waals surface area (Å²) in [5, 5.41) is 5.18. The molecule has 3 aromatic rings. The van der Waals surface area contributed by atoms with Crippen LogP contribution in [0.15, 0.2) is 48.9 Å². The normalized spacial score (nSPS) is 10.9. The smallest absolute Gasteiger partial charge is 0.150 e. The van der Waals surface area contributed by atoms with Crippen molar-refractivity contribution in [3.63, 3.8) is 0 Å². The molecule has 0 saturated carbocycles. The maximum Gasteiger partial charge on any atom is 0.150 e. The van der Waals surface area contributed by atoms with Gasteiger partial charge in [-0.3, -0.25) is 9.48 Å². The number of benzene rings is 1. The molecule has 18 heavy (non-hydrogen) atoms. The molecule has 4 heteroatoms. The van der Waals surface area contributed by atoms with Crippen LogP contribution in [0.3, 0.4) is 0 Å². The van der Waals surface area contributed by atoms with E-state index in [-0.39, 0.29) is 0 Å². The Morgan fingerprint density at radius 1 is 1.11 bits per heavy atom. The van der Waals surface area contributed by atoms with Crippen molar-refractivity contribution in [2.24, 2.45) is 0 Å². The third-order valence-corrected chi connectivity index (χ3v) is 3.10. The Kier molecular flexibility index (Phi) is 2.68. The van der Waals surface area contributed by atoms with Crippen molar-refractivity contribution in [1.82, 2.24) is 14.3 Å². The van der Waals surface area contributed by atoms with Crippen LogP contribution in [0, 0.1) is 0 Å². The zero-order valence-corrected chi connectivity index (χ0v) is 9.86. The van der Waals surface area contributed by atoms with Crippen molar-refractivity contribution in [2.45, 2.75) is 13.1 Å². The van der Waals surface area contributed by atoms with Gasteiger partial charge in [-0.2, -0.15) is 5.10 Å². The standard InChI is InChI=1S/C14H13N3O/c18-11-12-3-1-4-14-13(12)5-8-16(14)9-10-17-7-2-6-15-17/h1-8,11H,9-10H2. The van der Waals surface area contributed by atoms with Crippen LogP contribution in [0.2, 0.25) is 0 Å². The van der Waals surface area contributed by atoms with Crippen molar-refractivity contribution in [3.05, 3.63) is 54.5 Å². The Labute approximate surface area is 104 Å². The van der Waals surface area contributed by atoms with Crippen LogP contribution in [-0.2, 0) is 13.1 Å². The van der Waals surface area contributed by atoms with Gasteiger partial charge in [0, 0.05) is 41.6 Å². The minimum atomic E-state index is 0.741. The molecule has 3 rings (SSSR count). The molecule has 0 N–H and O–H groups in total. The van der Waals surface area contributed by atoms with Gasteiger partial charge in [0.05, 0.1) is 6.54 Å². The fourth-order valence-corrected chi connectivity index (χ4v) is 2.19. The molecule has 2 aromatic heterocycles. The van der Waals surface area contributed by atoms with Crippen molar-refractivity contribution >= 4 is 17.2 Å². The molecule has 0 bridgehead atoms. The monoisotopic (exact) mass is 239 g/mol. The topological polar surface area (TPSA) is 39.8 Å². The number of fused-ring (bicyclic) bond motifs is 1. The van der Waals surface area contributed by atoms with Gasteiger partial charge in [-0.1, -0.05) is 12.1 Å². The minimum absolute atomic E-state index is 0.741. The van der Waals surface area contributed by atoms with Crippen LogP contribution in [0.25, 0.3) is 10.9 Å². The second-order valence-electron chi connectivity index (χ2n) is 4.18. The second kappa shape index (κ2) is 4.49. The average Bonchev–Trinajstić information content (AvgIpc) is 3.05. The summed E-state index contributed by atoms with van der Waals surface area (Å²) in [6.45, 7) is 1.66. The van der Waals surface area contributed by atoms with Gasteiger partial charge in [0.15, 0.2) is 6.29 Å². The number of nitrogens with zero attached hydrogens (tertiary/aromatic N) is 3. The zero-order chi connectivity index (χ0) is 12.4. The van der Waals surface area contributed by atoms with Gasteiger partial charge >= 0.3 is 0 Å². The van der Waals surface area contributed by atoms with Crippen LogP contribution >= 0.6 is 0 Å². The third kappa shape index (κ3) is 1.82. The fourth-order valence-electron chi connectivity index (χ4n) is 2.19. The highest BCUT2D eigenvalue weighted by molar-refractivity contribution is 5.97. The van der Waals surface area contributed by atoms with E-state index in [0.29, 0.717) is 0 Å². The summed E-state index contributed by atoms with van der Waals surface area (Å²) in [7, 11) is 0. The van der Waals surface area contributed by atoms with E-state index in [1.807, 2.05) is 47.4 Å². The summed E-state index contributed by atoms with van der Waals surface area (Å²) in [5.74, 6) is 0. The first kappa shape index (κ1) is 10.8. The molecule has 0 fully saturated rings. The van der Waals surface area contributed by atoms with E-state index >= 15 is 0 Å². The molecule has 0 atom stereocenters. The number of aldehydes is 1. The number of aromatic nitrogens is 3. The Hall–Kier alpha value is -2.36. The highest BCUT2D eigenvalue weighted by Crippen LogP contribution is 2.19. The second-order valence-corrected chi connectivity index (χ2v) is 4.18. The Balaban J connectivity index is 1.91. The SMILES string of the molecule is O=Cc1cccc2c1ccn2CCn1cccn1. The van der Waals surface area contributed by atoms with E-state index in [1.54, 1.807) is 6.20 Å². The van der Waals surface area contributed by atoms with E-state index in [2.05, 4.69) is 9.67 Å². The Morgan fingerprint density at radius 3 is 2.83 bits per heavy atom. The molecule has 0 unspecified atom stereocenters. The van der Waals surface area contributed by atoms with Gasteiger partial charge in [-0.15, -0.1) is 0 Å². The lowest BCUT2D eigenvalue weighted by molar-refractivity contribution is 0.112. The average molecular weight is 239 g/mol. The number of hydrogen-bond acceptors (Lipinski definition) is 2. The van der Waals surface area contributed by atoms with Crippen molar-refractivity contribution in [1.29, 1.82) is 0 Å². The molecule has 0 aliphatic carbocycles. The minimum Gasteiger partial charge on any atom is -0.346 e. The molecular weight excluding hydrogens is 226 g/mol. The van der Waals surface area contributed by atoms with E-state index in [9.17, 15) is 4.79 Å². The van der Waals surface area contributed by atoms with Crippen molar-refractivity contribution in [3.8, 4) is 0 Å². The highest BCUT2D eigenvalue weighted by Gasteiger charge is 2.04. The lowest BCUT2D eigenvalue weighted by atomic mass is 10.1. The maximum absolute atomic E-state index is 11.0. The van der Waals surface area contributed by atoms with Crippen LogP contribution in [0.5, 0.6) is 0 Å². The zero-order valence-electron chi connectivity index (χ0n) is 9.86. The fraction of sp³-hybridized carbons (Fsp3) is 0.143. The Bertz CT molecular complexity index is 667. The predicted octanol–water partition coefficient (Wildman–Crippen LogP) is 2.35. The van der Waals surface area contributed by atoms with E-state index in [1.165, 1.54) is 0 Å². The lowest BCUT2D eigenvalue weighted by Gasteiger charge is -2.06. The van der Waals surface area contributed by atoms with Gasteiger partial charge in [0.25, 0.3) is 0 Å². The van der Waals surface area contributed by atoms with Crippen molar-refractivity contribution in [2.75, 3.05) is 0 Å². The quantitative estimate of drug-likeness (QED) is 0.656. The molecule has 0 aliphatic heterocycles. The van der Waals surface area contributed by atoms with Crippen LogP contribution in [0.1, 0.15) is 10.4 Å². The van der Waals surface area contributed by atoms with Crippen LogP contribution < -0.4 is 0 Å². The number of carbonyl (C=O) groups is 1.